The Kier molecular flexibility index (Phi) is 6.05. The summed E-state index contributed by atoms with van der Waals surface area (Å²) >= 11 is 4.84. The summed E-state index contributed by atoms with van der Waals surface area (Å²) in [6, 6.07) is 3.01. The zero-order valence-electron chi connectivity index (χ0n) is 14.7. The van der Waals surface area contributed by atoms with Gasteiger partial charge in [-0.1, -0.05) is 0 Å². The standard InChI is InChI=1S/C16H19F3N2O5S/c1-4-26-13(22)11-12(9-7-8(24-2)5-6-10(9)25-3)20-14(27)21-15(11,23)16(17,18)19/h5-7,11-12,23H,4H2,1-3H3,(H2,20,21,27)/t11-,12+,15+/m0/s1. The number of carbonyl (C=O) groups excluding carboxylic acids is 1. The van der Waals surface area contributed by atoms with Gasteiger partial charge in [-0.25, -0.2) is 0 Å². The lowest BCUT2D eigenvalue weighted by molar-refractivity contribution is -0.292. The van der Waals surface area contributed by atoms with Crippen molar-refractivity contribution in [3.05, 3.63) is 23.8 Å². The normalized spacial score (nSPS) is 25.2. The van der Waals surface area contributed by atoms with Crippen molar-refractivity contribution in [1.82, 2.24) is 10.6 Å². The first-order chi connectivity index (χ1) is 12.6. The molecule has 0 amide bonds. The molecule has 0 spiro atoms. The Hall–Kier alpha value is -2.27. The van der Waals surface area contributed by atoms with Gasteiger partial charge in [-0.05, 0) is 37.3 Å². The van der Waals surface area contributed by atoms with Gasteiger partial charge in [-0.3, -0.25) is 4.79 Å². The highest BCUT2D eigenvalue weighted by Gasteiger charge is 2.66. The fourth-order valence-electron chi connectivity index (χ4n) is 2.88. The van der Waals surface area contributed by atoms with Crippen LogP contribution in [0.3, 0.4) is 0 Å². The van der Waals surface area contributed by atoms with Crippen LogP contribution in [0, 0.1) is 5.92 Å². The maximum atomic E-state index is 13.7. The second kappa shape index (κ2) is 7.77. The van der Waals surface area contributed by atoms with Gasteiger partial charge in [-0.15, -0.1) is 0 Å². The van der Waals surface area contributed by atoms with E-state index in [4.69, 9.17) is 26.4 Å². The van der Waals surface area contributed by atoms with Crippen molar-refractivity contribution in [3.63, 3.8) is 0 Å². The van der Waals surface area contributed by atoms with E-state index in [2.05, 4.69) is 5.32 Å². The summed E-state index contributed by atoms with van der Waals surface area (Å²) in [7, 11) is 2.70. The molecular formula is C16H19F3N2O5S. The molecular weight excluding hydrogens is 389 g/mol. The number of thiocarbonyl (C=S) groups is 1. The van der Waals surface area contributed by atoms with Crippen molar-refractivity contribution in [2.75, 3.05) is 20.8 Å². The van der Waals surface area contributed by atoms with Crippen LogP contribution in [0.2, 0.25) is 0 Å². The molecule has 150 valence electrons. The number of alkyl halides is 3. The molecule has 3 atom stereocenters. The minimum atomic E-state index is -5.22. The average molecular weight is 408 g/mol. The highest BCUT2D eigenvalue weighted by Crippen LogP contribution is 2.45. The lowest BCUT2D eigenvalue weighted by Gasteiger charge is -2.45. The third kappa shape index (κ3) is 3.88. The predicted molar refractivity (Wildman–Crippen MR) is 92.3 cm³/mol. The summed E-state index contributed by atoms with van der Waals surface area (Å²) in [5.74, 6) is -2.87. The van der Waals surface area contributed by atoms with Crippen molar-refractivity contribution >= 4 is 23.3 Å². The number of esters is 1. The number of rotatable bonds is 5. The molecule has 3 N–H and O–H groups in total. The van der Waals surface area contributed by atoms with Crippen LogP contribution in [0.4, 0.5) is 13.2 Å². The van der Waals surface area contributed by atoms with Crippen LogP contribution in [0.25, 0.3) is 0 Å². The average Bonchev–Trinajstić information content (AvgIpc) is 2.59. The Morgan fingerprint density at radius 1 is 1.33 bits per heavy atom. The number of benzene rings is 1. The van der Waals surface area contributed by atoms with Gasteiger partial charge in [0, 0.05) is 5.56 Å². The summed E-state index contributed by atoms with van der Waals surface area (Å²) in [5.41, 5.74) is -3.50. The van der Waals surface area contributed by atoms with Gasteiger partial charge in [0.2, 0.25) is 0 Å². The number of hydrogen-bond donors (Lipinski definition) is 3. The summed E-state index contributed by atoms with van der Waals surface area (Å²) in [6.07, 6.45) is -5.22. The number of hydrogen-bond acceptors (Lipinski definition) is 6. The number of nitrogens with one attached hydrogen (secondary N) is 2. The third-order valence-electron chi connectivity index (χ3n) is 4.12. The van der Waals surface area contributed by atoms with Gasteiger partial charge in [0.15, 0.2) is 5.11 Å². The molecule has 1 aromatic rings. The van der Waals surface area contributed by atoms with Crippen LogP contribution in [0.5, 0.6) is 11.5 Å². The van der Waals surface area contributed by atoms with Crippen LogP contribution >= 0.6 is 12.2 Å². The molecule has 27 heavy (non-hydrogen) atoms. The van der Waals surface area contributed by atoms with Crippen LogP contribution in [-0.2, 0) is 9.53 Å². The summed E-state index contributed by atoms with van der Waals surface area (Å²) in [4.78, 5) is 12.4. The van der Waals surface area contributed by atoms with Crippen LogP contribution in [0.15, 0.2) is 18.2 Å². The molecule has 1 aliphatic heterocycles. The topological polar surface area (TPSA) is 89.1 Å². The Labute approximate surface area is 158 Å². The van der Waals surface area contributed by atoms with Gasteiger partial charge in [0.05, 0.1) is 26.9 Å². The highest BCUT2D eigenvalue weighted by molar-refractivity contribution is 7.80. The van der Waals surface area contributed by atoms with Gasteiger partial charge in [-0.2, -0.15) is 13.2 Å². The van der Waals surface area contributed by atoms with Gasteiger partial charge < -0.3 is 30.0 Å². The van der Waals surface area contributed by atoms with E-state index < -0.39 is 34.9 Å². The molecule has 11 heteroatoms. The van der Waals surface area contributed by atoms with E-state index in [9.17, 15) is 23.1 Å². The molecule has 0 aliphatic carbocycles. The Balaban J connectivity index is 2.67. The van der Waals surface area contributed by atoms with Crippen molar-refractivity contribution in [2.24, 2.45) is 5.92 Å². The quantitative estimate of drug-likeness (QED) is 0.501. The van der Waals surface area contributed by atoms with E-state index in [1.165, 1.54) is 39.3 Å². The van der Waals surface area contributed by atoms with Crippen LogP contribution in [0.1, 0.15) is 18.5 Å². The van der Waals surface area contributed by atoms with Gasteiger partial charge >= 0.3 is 12.1 Å². The number of aliphatic hydroxyl groups is 1. The molecule has 0 radical (unpaired) electrons. The monoisotopic (exact) mass is 408 g/mol. The minimum Gasteiger partial charge on any atom is -0.497 e. The Bertz CT molecular complexity index is 730. The molecule has 2 rings (SSSR count). The van der Waals surface area contributed by atoms with Crippen molar-refractivity contribution < 1.29 is 37.3 Å². The van der Waals surface area contributed by atoms with E-state index >= 15 is 0 Å². The van der Waals surface area contributed by atoms with Crippen molar-refractivity contribution in [1.29, 1.82) is 0 Å². The highest BCUT2D eigenvalue weighted by atomic mass is 32.1. The molecule has 7 nitrogen and oxygen atoms in total. The molecule has 0 aromatic heterocycles. The van der Waals surface area contributed by atoms with Gasteiger partial charge in [0.1, 0.15) is 17.4 Å². The number of ether oxygens (including phenoxy) is 3. The molecule has 1 fully saturated rings. The zero-order chi connectivity index (χ0) is 20.4. The maximum absolute atomic E-state index is 13.7. The predicted octanol–water partition coefficient (Wildman–Crippen LogP) is 1.65. The SMILES string of the molecule is CCOC(=O)[C@@H]1[C@@H](c2cc(OC)ccc2OC)NC(=S)N[C@]1(O)C(F)(F)F. The lowest BCUT2D eigenvalue weighted by atomic mass is 9.81. The van der Waals surface area contributed by atoms with E-state index in [1.807, 2.05) is 0 Å². The number of halogens is 3. The van der Waals surface area contributed by atoms with Crippen molar-refractivity contribution in [2.45, 2.75) is 24.9 Å². The second-order valence-corrected chi connectivity index (χ2v) is 6.09. The maximum Gasteiger partial charge on any atom is 0.437 e. The largest absolute Gasteiger partial charge is 0.497 e. The summed E-state index contributed by atoms with van der Waals surface area (Å²) in [5, 5.41) is 14.3. The Morgan fingerprint density at radius 2 is 2.00 bits per heavy atom. The molecule has 0 unspecified atom stereocenters. The van der Waals surface area contributed by atoms with Crippen LogP contribution in [-0.4, -0.2) is 48.9 Å². The van der Waals surface area contributed by atoms with E-state index in [0.29, 0.717) is 5.75 Å². The first-order valence-electron chi connectivity index (χ1n) is 7.85. The minimum absolute atomic E-state index is 0.140. The summed E-state index contributed by atoms with van der Waals surface area (Å²) < 4.78 is 56.2. The zero-order valence-corrected chi connectivity index (χ0v) is 15.5. The third-order valence-corrected chi connectivity index (χ3v) is 4.34. The fourth-order valence-corrected chi connectivity index (χ4v) is 3.16. The van der Waals surface area contributed by atoms with E-state index in [0.717, 1.165) is 0 Å². The molecule has 0 saturated carbocycles. The fraction of sp³-hybridized carbons (Fsp3) is 0.500. The van der Waals surface area contributed by atoms with Gasteiger partial charge in [0.25, 0.3) is 5.72 Å². The molecule has 1 aromatic carbocycles. The molecule has 0 bridgehead atoms. The van der Waals surface area contributed by atoms with Crippen LogP contribution < -0.4 is 20.1 Å². The molecule has 1 saturated heterocycles. The second-order valence-electron chi connectivity index (χ2n) is 5.68. The Morgan fingerprint density at radius 3 is 2.52 bits per heavy atom. The summed E-state index contributed by atoms with van der Waals surface area (Å²) in [6.45, 7) is 1.27. The first kappa shape index (κ1) is 21.0. The first-order valence-corrected chi connectivity index (χ1v) is 8.26. The smallest absolute Gasteiger partial charge is 0.437 e. The van der Waals surface area contributed by atoms with E-state index in [-0.39, 0.29) is 17.9 Å². The lowest BCUT2D eigenvalue weighted by Crippen LogP contribution is -2.73. The number of methoxy groups -OCH3 is 2. The van der Waals surface area contributed by atoms with E-state index in [1.54, 1.807) is 5.32 Å². The van der Waals surface area contributed by atoms with Crippen molar-refractivity contribution in [3.8, 4) is 11.5 Å². The molecule has 1 heterocycles. The number of carbonyl (C=O) groups is 1. The molecule has 1 aliphatic rings.